The Morgan fingerprint density at radius 1 is 1.53 bits per heavy atom. The van der Waals surface area contributed by atoms with E-state index in [1.54, 1.807) is 19.1 Å². The lowest BCUT2D eigenvalue weighted by Crippen LogP contribution is -2.01. The second kappa shape index (κ2) is 6.40. The topological polar surface area (TPSA) is 26.3 Å². The van der Waals surface area contributed by atoms with Crippen LogP contribution < -0.4 is 0 Å². The molecule has 0 saturated carbocycles. The number of hydrogen-bond donors (Lipinski definition) is 0. The van der Waals surface area contributed by atoms with Crippen LogP contribution in [0.2, 0.25) is 5.02 Å². The Balaban J connectivity index is 2.70. The Kier molecular flexibility index (Phi) is 5.16. The molecule has 0 bridgehead atoms. The van der Waals surface area contributed by atoms with Crippen LogP contribution in [0.15, 0.2) is 29.8 Å². The number of benzene rings is 1. The first kappa shape index (κ1) is 13.7. The van der Waals surface area contributed by atoms with Crippen LogP contribution in [-0.4, -0.2) is 12.6 Å². The van der Waals surface area contributed by atoms with E-state index in [0.717, 1.165) is 11.1 Å². The third-order valence-corrected chi connectivity index (χ3v) is 2.41. The maximum absolute atomic E-state index is 12.9. The normalized spacial score (nSPS) is 11.4. The van der Waals surface area contributed by atoms with Gasteiger partial charge in [0, 0.05) is 6.08 Å². The highest BCUT2D eigenvalue weighted by Crippen LogP contribution is 2.18. The zero-order valence-corrected chi connectivity index (χ0v) is 10.6. The summed E-state index contributed by atoms with van der Waals surface area (Å²) in [5, 5.41) is 0.0893. The Labute approximate surface area is 105 Å². The van der Waals surface area contributed by atoms with Crippen LogP contribution >= 0.6 is 11.6 Å². The van der Waals surface area contributed by atoms with Crippen LogP contribution in [0.25, 0.3) is 0 Å². The average molecular weight is 257 g/mol. The SMILES string of the molecule is CCOC(=O)/C=C(\C)Cc1ccc(F)c(Cl)c1. The van der Waals surface area contributed by atoms with E-state index in [9.17, 15) is 9.18 Å². The Bertz CT molecular complexity index is 441. The van der Waals surface area contributed by atoms with Crippen molar-refractivity contribution in [1.29, 1.82) is 0 Å². The van der Waals surface area contributed by atoms with E-state index in [4.69, 9.17) is 16.3 Å². The van der Waals surface area contributed by atoms with Crippen LogP contribution in [0.5, 0.6) is 0 Å². The van der Waals surface area contributed by atoms with Crippen molar-refractivity contribution in [3.8, 4) is 0 Å². The van der Waals surface area contributed by atoms with E-state index in [1.807, 2.05) is 6.92 Å². The second-order valence-corrected chi connectivity index (χ2v) is 4.08. The van der Waals surface area contributed by atoms with Crippen molar-refractivity contribution in [3.05, 3.63) is 46.3 Å². The van der Waals surface area contributed by atoms with Gasteiger partial charge < -0.3 is 4.74 Å². The van der Waals surface area contributed by atoms with Gasteiger partial charge >= 0.3 is 5.97 Å². The summed E-state index contributed by atoms with van der Waals surface area (Å²) in [6.45, 7) is 3.92. The van der Waals surface area contributed by atoms with Crippen molar-refractivity contribution in [2.24, 2.45) is 0 Å². The van der Waals surface area contributed by atoms with E-state index >= 15 is 0 Å². The van der Waals surface area contributed by atoms with Gasteiger partial charge in [0.15, 0.2) is 0 Å². The van der Waals surface area contributed by atoms with Crippen molar-refractivity contribution < 1.29 is 13.9 Å². The van der Waals surface area contributed by atoms with Gasteiger partial charge in [-0.05, 0) is 38.0 Å². The van der Waals surface area contributed by atoms with Crippen LogP contribution in [-0.2, 0) is 16.0 Å². The fraction of sp³-hybridized carbons (Fsp3) is 0.308. The molecular formula is C13H14ClFO2. The van der Waals surface area contributed by atoms with E-state index < -0.39 is 5.82 Å². The Morgan fingerprint density at radius 3 is 2.82 bits per heavy atom. The van der Waals surface area contributed by atoms with E-state index in [0.29, 0.717) is 13.0 Å². The van der Waals surface area contributed by atoms with Gasteiger partial charge in [-0.25, -0.2) is 9.18 Å². The van der Waals surface area contributed by atoms with Gasteiger partial charge in [-0.2, -0.15) is 0 Å². The van der Waals surface area contributed by atoms with Gasteiger partial charge in [-0.3, -0.25) is 0 Å². The summed E-state index contributed by atoms with van der Waals surface area (Å²) in [5.74, 6) is -0.805. The number of hydrogen-bond acceptors (Lipinski definition) is 2. The number of esters is 1. The lowest BCUT2D eigenvalue weighted by atomic mass is 10.1. The summed E-state index contributed by atoms with van der Waals surface area (Å²) in [4.78, 5) is 11.2. The van der Waals surface area contributed by atoms with Gasteiger partial charge in [0.2, 0.25) is 0 Å². The number of rotatable bonds is 4. The summed E-state index contributed by atoms with van der Waals surface area (Å²) in [6.07, 6.45) is 1.97. The monoisotopic (exact) mass is 256 g/mol. The smallest absolute Gasteiger partial charge is 0.330 e. The van der Waals surface area contributed by atoms with Crippen LogP contribution in [0, 0.1) is 5.82 Å². The number of ether oxygens (including phenoxy) is 1. The molecule has 92 valence electrons. The summed E-state index contributed by atoms with van der Waals surface area (Å²) in [7, 11) is 0. The quantitative estimate of drug-likeness (QED) is 0.609. The van der Waals surface area contributed by atoms with Gasteiger partial charge in [0.1, 0.15) is 5.82 Å². The zero-order chi connectivity index (χ0) is 12.8. The highest BCUT2D eigenvalue weighted by atomic mass is 35.5. The molecule has 0 aliphatic heterocycles. The molecule has 1 aromatic rings. The van der Waals surface area contributed by atoms with Gasteiger partial charge in [-0.1, -0.05) is 23.2 Å². The Hall–Kier alpha value is -1.35. The average Bonchev–Trinajstić information content (AvgIpc) is 2.23. The van der Waals surface area contributed by atoms with E-state index in [2.05, 4.69) is 0 Å². The van der Waals surface area contributed by atoms with Crippen molar-refractivity contribution in [2.75, 3.05) is 6.61 Å². The van der Waals surface area contributed by atoms with Crippen molar-refractivity contribution in [1.82, 2.24) is 0 Å². The van der Waals surface area contributed by atoms with Gasteiger partial charge in [0.25, 0.3) is 0 Å². The molecule has 2 nitrogen and oxygen atoms in total. The number of allylic oxidation sites excluding steroid dienone is 1. The molecule has 0 heterocycles. The molecule has 4 heteroatoms. The predicted molar refractivity (Wildman–Crippen MR) is 65.5 cm³/mol. The van der Waals surface area contributed by atoms with Crippen LogP contribution in [0.3, 0.4) is 0 Å². The number of carbonyl (C=O) groups excluding carboxylic acids is 1. The first-order valence-corrected chi connectivity index (χ1v) is 5.68. The molecule has 1 rings (SSSR count). The molecule has 0 unspecified atom stereocenters. The minimum absolute atomic E-state index is 0.0893. The molecule has 0 atom stereocenters. The fourth-order valence-corrected chi connectivity index (χ4v) is 1.61. The maximum atomic E-state index is 12.9. The third-order valence-electron chi connectivity index (χ3n) is 2.12. The first-order chi connectivity index (χ1) is 8.02. The van der Waals surface area contributed by atoms with E-state index in [1.165, 1.54) is 12.1 Å². The molecule has 0 aromatic heterocycles. The second-order valence-electron chi connectivity index (χ2n) is 3.67. The molecule has 0 N–H and O–H groups in total. The van der Waals surface area contributed by atoms with Crippen LogP contribution in [0.4, 0.5) is 4.39 Å². The third kappa shape index (κ3) is 4.57. The van der Waals surface area contributed by atoms with Crippen molar-refractivity contribution in [2.45, 2.75) is 20.3 Å². The Morgan fingerprint density at radius 2 is 2.24 bits per heavy atom. The highest BCUT2D eigenvalue weighted by Gasteiger charge is 2.03. The number of halogens is 2. The van der Waals surface area contributed by atoms with Gasteiger partial charge in [0.05, 0.1) is 11.6 Å². The van der Waals surface area contributed by atoms with Gasteiger partial charge in [-0.15, -0.1) is 0 Å². The molecule has 17 heavy (non-hydrogen) atoms. The predicted octanol–water partition coefficient (Wildman–Crippen LogP) is 3.53. The molecule has 0 spiro atoms. The first-order valence-electron chi connectivity index (χ1n) is 5.30. The summed E-state index contributed by atoms with van der Waals surface area (Å²) < 4.78 is 17.7. The minimum Gasteiger partial charge on any atom is -0.463 e. The molecule has 0 saturated heterocycles. The standard InChI is InChI=1S/C13H14ClFO2/c1-3-17-13(16)7-9(2)6-10-4-5-12(15)11(14)8-10/h4-5,7-8H,3,6H2,1-2H3/b9-7+. The summed E-state index contributed by atoms with van der Waals surface area (Å²) >= 11 is 5.67. The molecule has 0 radical (unpaired) electrons. The summed E-state index contributed by atoms with van der Waals surface area (Å²) in [5.41, 5.74) is 1.69. The fourth-order valence-electron chi connectivity index (χ4n) is 1.41. The highest BCUT2D eigenvalue weighted by molar-refractivity contribution is 6.30. The summed E-state index contributed by atoms with van der Waals surface area (Å²) in [6, 6.07) is 4.51. The van der Waals surface area contributed by atoms with Crippen LogP contribution in [0.1, 0.15) is 19.4 Å². The molecule has 0 aliphatic rings. The lowest BCUT2D eigenvalue weighted by Gasteiger charge is -2.03. The molecule has 0 amide bonds. The maximum Gasteiger partial charge on any atom is 0.330 e. The molecular weight excluding hydrogens is 243 g/mol. The van der Waals surface area contributed by atoms with Crippen molar-refractivity contribution >= 4 is 17.6 Å². The minimum atomic E-state index is -0.442. The lowest BCUT2D eigenvalue weighted by molar-refractivity contribution is -0.137. The van der Waals surface area contributed by atoms with Crippen molar-refractivity contribution in [3.63, 3.8) is 0 Å². The van der Waals surface area contributed by atoms with E-state index in [-0.39, 0.29) is 11.0 Å². The number of carbonyl (C=O) groups is 1. The zero-order valence-electron chi connectivity index (χ0n) is 9.80. The largest absolute Gasteiger partial charge is 0.463 e. The molecule has 1 aromatic carbocycles. The molecule has 0 aliphatic carbocycles. The molecule has 0 fully saturated rings.